The number of ether oxygens (including phenoxy) is 1. The van der Waals surface area contributed by atoms with Crippen LogP contribution in [0.5, 0.6) is 5.75 Å². The molecule has 1 atom stereocenters. The maximum absolute atomic E-state index is 13.1. The Morgan fingerprint density at radius 3 is 2.94 bits per heavy atom. The number of hydrogen-bond acceptors (Lipinski definition) is 2. The number of rotatable bonds is 3. The molecule has 0 saturated carbocycles. The van der Waals surface area contributed by atoms with E-state index in [1.54, 1.807) is 6.07 Å². The summed E-state index contributed by atoms with van der Waals surface area (Å²) in [6, 6.07) is 5.02. The molecule has 16 heavy (non-hydrogen) atoms. The van der Waals surface area contributed by atoms with Gasteiger partial charge in [0.25, 0.3) is 0 Å². The van der Waals surface area contributed by atoms with Crippen LogP contribution in [0.1, 0.15) is 19.3 Å². The number of piperidine rings is 1. The van der Waals surface area contributed by atoms with E-state index in [1.165, 1.54) is 25.0 Å². The minimum Gasteiger partial charge on any atom is -0.492 e. The van der Waals surface area contributed by atoms with Crippen LogP contribution in [0.15, 0.2) is 22.7 Å². The lowest BCUT2D eigenvalue weighted by atomic mass is 10.1. The van der Waals surface area contributed by atoms with Crippen molar-refractivity contribution in [2.24, 2.45) is 0 Å². The molecule has 0 amide bonds. The van der Waals surface area contributed by atoms with E-state index in [-0.39, 0.29) is 5.82 Å². The maximum Gasteiger partial charge on any atom is 0.128 e. The highest BCUT2D eigenvalue weighted by Crippen LogP contribution is 2.21. The molecule has 1 fully saturated rings. The van der Waals surface area contributed by atoms with Gasteiger partial charge in [-0.2, -0.15) is 0 Å². The Balaban J connectivity index is 1.88. The average molecular weight is 288 g/mol. The molecule has 1 saturated heterocycles. The number of nitrogens with one attached hydrogen (secondary N) is 1. The molecule has 0 aromatic heterocycles. The Hall–Kier alpha value is -0.610. The zero-order valence-electron chi connectivity index (χ0n) is 9.01. The summed E-state index contributed by atoms with van der Waals surface area (Å²) in [4.78, 5) is 0. The highest BCUT2D eigenvalue weighted by Gasteiger charge is 2.13. The molecule has 0 aliphatic carbocycles. The predicted octanol–water partition coefficient (Wildman–Crippen LogP) is 3.11. The van der Waals surface area contributed by atoms with Gasteiger partial charge in [0.1, 0.15) is 18.2 Å². The molecule has 0 spiro atoms. The van der Waals surface area contributed by atoms with Crippen LogP contribution < -0.4 is 10.1 Å². The summed E-state index contributed by atoms with van der Waals surface area (Å²) < 4.78 is 19.4. The van der Waals surface area contributed by atoms with Crippen molar-refractivity contribution >= 4 is 15.9 Å². The second kappa shape index (κ2) is 5.64. The fourth-order valence-electron chi connectivity index (χ4n) is 1.87. The molecule has 0 unspecified atom stereocenters. The van der Waals surface area contributed by atoms with Crippen molar-refractivity contribution < 1.29 is 9.13 Å². The Labute approximate surface area is 103 Å². The summed E-state index contributed by atoms with van der Waals surface area (Å²) in [6.45, 7) is 1.66. The predicted molar refractivity (Wildman–Crippen MR) is 65.2 cm³/mol. The van der Waals surface area contributed by atoms with Crippen LogP contribution in [0.25, 0.3) is 0 Å². The number of hydrogen-bond donors (Lipinski definition) is 1. The van der Waals surface area contributed by atoms with Gasteiger partial charge < -0.3 is 10.1 Å². The van der Waals surface area contributed by atoms with Gasteiger partial charge in [0.2, 0.25) is 0 Å². The van der Waals surface area contributed by atoms with Crippen LogP contribution in [-0.4, -0.2) is 19.2 Å². The van der Waals surface area contributed by atoms with Crippen molar-refractivity contribution in [3.05, 3.63) is 28.5 Å². The lowest BCUT2D eigenvalue weighted by Crippen LogP contribution is -2.38. The Morgan fingerprint density at radius 1 is 1.38 bits per heavy atom. The minimum atomic E-state index is -0.277. The van der Waals surface area contributed by atoms with Gasteiger partial charge in [0.05, 0.1) is 0 Å². The van der Waals surface area contributed by atoms with Crippen LogP contribution in [0.2, 0.25) is 0 Å². The van der Waals surface area contributed by atoms with E-state index >= 15 is 0 Å². The van der Waals surface area contributed by atoms with Crippen molar-refractivity contribution in [2.45, 2.75) is 25.3 Å². The van der Waals surface area contributed by atoms with Gasteiger partial charge in [-0.1, -0.05) is 22.4 Å². The largest absolute Gasteiger partial charge is 0.492 e. The molecule has 1 aromatic rings. The summed E-state index contributed by atoms with van der Waals surface area (Å²) in [5, 5.41) is 3.39. The van der Waals surface area contributed by atoms with E-state index < -0.39 is 0 Å². The molecule has 2 nitrogen and oxygen atoms in total. The number of benzene rings is 1. The lowest BCUT2D eigenvalue weighted by Gasteiger charge is -2.23. The maximum atomic E-state index is 13.1. The molecule has 1 aliphatic heterocycles. The van der Waals surface area contributed by atoms with Crippen LogP contribution in [-0.2, 0) is 0 Å². The van der Waals surface area contributed by atoms with Crippen molar-refractivity contribution in [2.75, 3.05) is 13.2 Å². The molecule has 1 aliphatic rings. The molecule has 0 bridgehead atoms. The third-order valence-corrected chi connectivity index (χ3v) is 3.16. The van der Waals surface area contributed by atoms with E-state index in [0.29, 0.717) is 22.9 Å². The zero-order valence-corrected chi connectivity index (χ0v) is 10.6. The highest BCUT2D eigenvalue weighted by molar-refractivity contribution is 9.10. The smallest absolute Gasteiger partial charge is 0.128 e. The van der Waals surface area contributed by atoms with Gasteiger partial charge >= 0.3 is 0 Å². The standard InChI is InChI=1S/C12H15BrFNO/c13-9-5-10(14)7-12(6-9)16-8-11-3-1-2-4-15-11/h5-7,11,15H,1-4,8H2/t11-/m0/s1. The molecule has 1 heterocycles. The third kappa shape index (κ3) is 3.46. The van der Waals surface area contributed by atoms with Gasteiger partial charge in [-0.15, -0.1) is 0 Å². The first-order chi connectivity index (χ1) is 7.74. The fourth-order valence-corrected chi connectivity index (χ4v) is 2.32. The van der Waals surface area contributed by atoms with Gasteiger partial charge in [-0.3, -0.25) is 0 Å². The molecular formula is C12H15BrFNO. The van der Waals surface area contributed by atoms with E-state index in [9.17, 15) is 4.39 Å². The first kappa shape index (κ1) is 11.9. The van der Waals surface area contributed by atoms with Crippen LogP contribution in [0, 0.1) is 5.82 Å². The summed E-state index contributed by atoms with van der Waals surface area (Å²) in [7, 11) is 0. The SMILES string of the molecule is Fc1cc(Br)cc(OC[C@@H]2CCCCN2)c1. The topological polar surface area (TPSA) is 21.3 Å². The van der Waals surface area contributed by atoms with Gasteiger partial charge in [-0.25, -0.2) is 4.39 Å². The molecule has 88 valence electrons. The Kier molecular flexibility index (Phi) is 4.18. The monoisotopic (exact) mass is 287 g/mol. The summed E-state index contributed by atoms with van der Waals surface area (Å²) >= 11 is 3.24. The Morgan fingerprint density at radius 2 is 2.25 bits per heavy atom. The quantitative estimate of drug-likeness (QED) is 0.922. The number of halogens is 2. The molecule has 4 heteroatoms. The first-order valence-corrected chi connectivity index (χ1v) is 6.35. The van der Waals surface area contributed by atoms with E-state index in [2.05, 4.69) is 21.2 Å². The van der Waals surface area contributed by atoms with Crippen molar-refractivity contribution in [3.63, 3.8) is 0 Å². The van der Waals surface area contributed by atoms with Crippen molar-refractivity contribution in [1.82, 2.24) is 5.32 Å². The third-order valence-electron chi connectivity index (χ3n) is 2.70. The highest BCUT2D eigenvalue weighted by atomic mass is 79.9. The molecule has 2 rings (SSSR count). The van der Waals surface area contributed by atoms with Gasteiger partial charge in [0, 0.05) is 16.6 Å². The molecule has 0 radical (unpaired) electrons. The normalized spacial score (nSPS) is 20.8. The van der Waals surface area contributed by atoms with Crippen molar-refractivity contribution in [3.8, 4) is 5.75 Å². The van der Waals surface area contributed by atoms with Crippen LogP contribution in [0.4, 0.5) is 4.39 Å². The van der Waals surface area contributed by atoms with E-state index in [1.807, 2.05) is 0 Å². The molecular weight excluding hydrogens is 273 g/mol. The van der Waals surface area contributed by atoms with Crippen molar-refractivity contribution in [1.29, 1.82) is 0 Å². The first-order valence-electron chi connectivity index (χ1n) is 5.56. The Bertz CT molecular complexity index is 333. The lowest BCUT2D eigenvalue weighted by molar-refractivity contribution is 0.238. The molecule has 1 aromatic carbocycles. The van der Waals surface area contributed by atoms with E-state index in [0.717, 1.165) is 13.0 Å². The zero-order chi connectivity index (χ0) is 11.4. The minimum absolute atomic E-state index is 0.277. The van der Waals surface area contributed by atoms with Crippen LogP contribution in [0.3, 0.4) is 0 Å². The fraction of sp³-hybridized carbons (Fsp3) is 0.500. The van der Waals surface area contributed by atoms with Crippen LogP contribution >= 0.6 is 15.9 Å². The van der Waals surface area contributed by atoms with Gasteiger partial charge in [-0.05, 0) is 31.5 Å². The van der Waals surface area contributed by atoms with Gasteiger partial charge in [0.15, 0.2) is 0 Å². The second-order valence-corrected chi connectivity index (χ2v) is 4.98. The second-order valence-electron chi connectivity index (χ2n) is 4.06. The summed E-state index contributed by atoms with van der Waals surface area (Å²) in [5.41, 5.74) is 0. The molecule has 1 N–H and O–H groups in total. The van der Waals surface area contributed by atoms with E-state index in [4.69, 9.17) is 4.74 Å². The summed E-state index contributed by atoms with van der Waals surface area (Å²) in [6.07, 6.45) is 3.62. The summed E-state index contributed by atoms with van der Waals surface area (Å²) in [5.74, 6) is 0.306. The average Bonchev–Trinajstić information content (AvgIpc) is 2.27.